The van der Waals surface area contributed by atoms with E-state index in [4.69, 9.17) is 20.8 Å². The smallest absolute Gasteiger partial charge is 0.340 e. The van der Waals surface area contributed by atoms with Crippen LogP contribution < -0.4 is 10.4 Å². The van der Waals surface area contributed by atoms with Gasteiger partial charge in [-0.05, 0) is 54.5 Å². The quantitative estimate of drug-likeness (QED) is 0.317. The van der Waals surface area contributed by atoms with Crippen LogP contribution in [-0.4, -0.2) is 11.6 Å². The van der Waals surface area contributed by atoms with E-state index in [1.165, 1.54) is 11.1 Å². The largest absolute Gasteiger partial charge is 0.476 e. The van der Waals surface area contributed by atoms with Crippen molar-refractivity contribution in [3.8, 4) is 5.75 Å². The number of nitrogens with zero attached hydrogens (tertiary/aromatic N) is 1. The van der Waals surface area contributed by atoms with Crippen LogP contribution in [0.15, 0.2) is 69.9 Å². The molecule has 2 heterocycles. The van der Waals surface area contributed by atoms with Gasteiger partial charge in [0.2, 0.25) is 0 Å². The lowest BCUT2D eigenvalue weighted by molar-refractivity contribution is 0.0482. The monoisotopic (exact) mass is 471 g/mol. The second-order valence-electron chi connectivity index (χ2n) is 9.33. The summed E-state index contributed by atoms with van der Waals surface area (Å²) in [6.07, 6.45) is 3.88. The van der Waals surface area contributed by atoms with Gasteiger partial charge in [0.05, 0.1) is 10.6 Å². The van der Waals surface area contributed by atoms with Crippen molar-refractivity contribution in [3.63, 3.8) is 0 Å². The van der Waals surface area contributed by atoms with Gasteiger partial charge in [0.1, 0.15) is 18.1 Å². The van der Waals surface area contributed by atoms with Gasteiger partial charge < -0.3 is 9.15 Å². The van der Waals surface area contributed by atoms with E-state index in [1.54, 1.807) is 0 Å². The van der Waals surface area contributed by atoms with E-state index in [0.29, 0.717) is 41.6 Å². The molecule has 4 aromatic rings. The molecule has 3 aromatic carbocycles. The van der Waals surface area contributed by atoms with Crippen molar-refractivity contribution in [3.05, 3.63) is 109 Å². The Hall–Kier alpha value is -3.08. The minimum Gasteiger partial charge on any atom is -0.476 e. The van der Waals surface area contributed by atoms with Crippen LogP contribution in [-0.2, 0) is 19.4 Å². The van der Waals surface area contributed by atoms with E-state index >= 15 is 0 Å². The third kappa shape index (κ3) is 3.62. The van der Waals surface area contributed by atoms with Gasteiger partial charge in [-0.15, -0.1) is 0 Å². The van der Waals surface area contributed by atoms with Crippen molar-refractivity contribution in [1.29, 1.82) is 0 Å². The molecule has 1 aliphatic heterocycles. The summed E-state index contributed by atoms with van der Waals surface area (Å²) in [5.41, 5.74) is 6.61. The number of rotatable bonds is 3. The van der Waals surface area contributed by atoms with Crippen LogP contribution in [0.3, 0.4) is 0 Å². The highest BCUT2D eigenvalue weighted by Gasteiger charge is 2.32. The number of ether oxygens (including phenoxy) is 1. The maximum atomic E-state index is 13.1. The number of benzene rings is 3. The molecule has 0 spiro atoms. The molecule has 172 valence electrons. The molecule has 6 rings (SSSR count). The molecule has 4 nitrogen and oxygen atoms in total. The number of hydrogen-bond acceptors (Lipinski definition) is 4. The van der Waals surface area contributed by atoms with Crippen molar-refractivity contribution in [2.24, 2.45) is 0 Å². The summed E-state index contributed by atoms with van der Waals surface area (Å²) in [4.78, 5) is 15.5. The Labute approximate surface area is 203 Å². The predicted molar refractivity (Wildman–Crippen MR) is 135 cm³/mol. The average molecular weight is 472 g/mol. The molecule has 34 heavy (non-hydrogen) atoms. The SMILES string of the molecule is Cc1c(Cc2ccccc2)c(=O)oc2c3c(c(Cl)cc12)OCN(C1CCCc2ccccc21)C3. The minimum absolute atomic E-state index is 0.275. The number of fused-ring (bicyclic) bond motifs is 4. The molecule has 1 aromatic heterocycles. The topological polar surface area (TPSA) is 42.7 Å². The fraction of sp³-hybridized carbons (Fsp3) is 0.276. The molecule has 0 N–H and O–H groups in total. The lowest BCUT2D eigenvalue weighted by Gasteiger charge is -2.38. The van der Waals surface area contributed by atoms with E-state index in [9.17, 15) is 4.79 Å². The molecule has 0 saturated heterocycles. The summed E-state index contributed by atoms with van der Waals surface area (Å²) in [5.74, 6) is 0.632. The summed E-state index contributed by atoms with van der Waals surface area (Å²) >= 11 is 6.70. The Balaban J connectivity index is 1.43. The van der Waals surface area contributed by atoms with E-state index in [0.717, 1.165) is 41.3 Å². The van der Waals surface area contributed by atoms with Crippen LogP contribution in [0.25, 0.3) is 11.0 Å². The van der Waals surface area contributed by atoms with Gasteiger partial charge in [-0.1, -0.05) is 66.2 Å². The van der Waals surface area contributed by atoms with E-state index < -0.39 is 0 Å². The van der Waals surface area contributed by atoms with Crippen molar-refractivity contribution in [2.75, 3.05) is 6.73 Å². The summed E-state index contributed by atoms with van der Waals surface area (Å²) in [5, 5.41) is 1.44. The first-order chi connectivity index (χ1) is 16.6. The first-order valence-electron chi connectivity index (χ1n) is 11.9. The Morgan fingerprint density at radius 2 is 1.88 bits per heavy atom. The summed E-state index contributed by atoms with van der Waals surface area (Å²) in [6.45, 7) is 3.08. The Bertz CT molecular complexity index is 1440. The van der Waals surface area contributed by atoms with Crippen molar-refractivity contribution >= 4 is 22.6 Å². The number of hydrogen-bond donors (Lipinski definition) is 0. The van der Waals surface area contributed by atoms with E-state index in [-0.39, 0.29) is 11.7 Å². The zero-order chi connectivity index (χ0) is 23.2. The molecular formula is C29H26ClNO3. The van der Waals surface area contributed by atoms with E-state index in [1.807, 2.05) is 43.3 Å². The Morgan fingerprint density at radius 3 is 2.74 bits per heavy atom. The van der Waals surface area contributed by atoms with Crippen LogP contribution >= 0.6 is 11.6 Å². The third-order valence-electron chi connectivity index (χ3n) is 7.32. The molecule has 0 amide bonds. The number of aryl methyl sites for hydroxylation is 2. The molecule has 0 radical (unpaired) electrons. The Morgan fingerprint density at radius 1 is 1.09 bits per heavy atom. The van der Waals surface area contributed by atoms with Gasteiger partial charge in [0, 0.05) is 30.0 Å². The van der Waals surface area contributed by atoms with Crippen molar-refractivity contribution < 1.29 is 9.15 Å². The van der Waals surface area contributed by atoms with Gasteiger partial charge in [0.15, 0.2) is 0 Å². The van der Waals surface area contributed by atoms with Crippen molar-refractivity contribution in [2.45, 2.75) is 45.2 Å². The molecular weight excluding hydrogens is 446 g/mol. The molecule has 0 fully saturated rings. The molecule has 1 atom stereocenters. The first-order valence-corrected chi connectivity index (χ1v) is 12.2. The van der Waals surface area contributed by atoms with Gasteiger partial charge >= 0.3 is 5.63 Å². The van der Waals surface area contributed by atoms with Gasteiger partial charge in [-0.3, -0.25) is 4.90 Å². The molecule has 1 unspecified atom stereocenters. The summed E-state index contributed by atoms with van der Waals surface area (Å²) < 4.78 is 12.2. The standard InChI is InChI=1S/C29H26ClNO3/c1-18-22-15-25(30)28-24(27(22)34-29(32)23(18)14-19-8-3-2-4-9-19)16-31(17-33-28)26-13-7-11-20-10-5-6-12-21(20)26/h2-6,8-10,12,15,26H,7,11,13-14,16-17H2,1H3. The fourth-order valence-electron chi connectivity index (χ4n) is 5.54. The highest BCUT2D eigenvalue weighted by atomic mass is 35.5. The normalized spacial score (nSPS) is 17.8. The second-order valence-corrected chi connectivity index (χ2v) is 9.73. The third-order valence-corrected chi connectivity index (χ3v) is 7.60. The minimum atomic E-state index is -0.293. The Kier molecular flexibility index (Phi) is 5.43. The fourth-order valence-corrected chi connectivity index (χ4v) is 5.82. The zero-order valence-corrected chi connectivity index (χ0v) is 19.9. The van der Waals surface area contributed by atoms with Gasteiger partial charge in [-0.25, -0.2) is 4.79 Å². The summed E-state index contributed by atoms with van der Waals surface area (Å²) in [7, 11) is 0. The van der Waals surface area contributed by atoms with Crippen LogP contribution in [0, 0.1) is 6.92 Å². The van der Waals surface area contributed by atoms with Gasteiger partial charge in [0.25, 0.3) is 0 Å². The van der Waals surface area contributed by atoms with Crippen LogP contribution in [0.1, 0.15) is 52.3 Å². The molecule has 0 saturated carbocycles. The van der Waals surface area contributed by atoms with Crippen LogP contribution in [0.5, 0.6) is 5.75 Å². The maximum Gasteiger partial charge on any atom is 0.340 e. The van der Waals surface area contributed by atoms with Crippen LogP contribution in [0.2, 0.25) is 5.02 Å². The lowest BCUT2D eigenvalue weighted by atomic mass is 9.86. The highest BCUT2D eigenvalue weighted by Crippen LogP contribution is 2.43. The van der Waals surface area contributed by atoms with Crippen molar-refractivity contribution in [1.82, 2.24) is 4.90 Å². The highest BCUT2D eigenvalue weighted by molar-refractivity contribution is 6.33. The molecule has 1 aliphatic carbocycles. The average Bonchev–Trinajstić information content (AvgIpc) is 2.87. The van der Waals surface area contributed by atoms with E-state index in [2.05, 4.69) is 29.2 Å². The molecule has 2 aliphatic rings. The molecule has 5 heteroatoms. The summed E-state index contributed by atoms with van der Waals surface area (Å²) in [6, 6.07) is 20.8. The van der Waals surface area contributed by atoms with Crippen LogP contribution in [0.4, 0.5) is 0 Å². The van der Waals surface area contributed by atoms with Gasteiger partial charge in [-0.2, -0.15) is 0 Å². The number of halogens is 1. The molecule has 0 bridgehead atoms. The predicted octanol–water partition coefficient (Wildman–Crippen LogP) is 6.58. The zero-order valence-electron chi connectivity index (χ0n) is 19.1. The second kappa shape index (κ2) is 8.61. The first kappa shape index (κ1) is 21.5. The maximum absolute atomic E-state index is 13.1. The lowest BCUT2D eigenvalue weighted by Crippen LogP contribution is -2.37.